The number of fused-ring (bicyclic) bond motifs is 1. The van der Waals surface area contributed by atoms with Crippen LogP contribution in [0.1, 0.15) is 23.6 Å². The van der Waals surface area contributed by atoms with Crippen molar-refractivity contribution < 1.29 is 19.8 Å². The summed E-state index contributed by atoms with van der Waals surface area (Å²) in [6.07, 6.45) is 3.14. The Morgan fingerprint density at radius 2 is 1.65 bits per heavy atom. The molecule has 0 saturated carbocycles. The van der Waals surface area contributed by atoms with E-state index in [0.717, 1.165) is 18.4 Å². The Hall–Kier alpha value is -1.56. The van der Waals surface area contributed by atoms with Crippen molar-refractivity contribution in [2.24, 2.45) is 5.73 Å². The number of rotatable bonds is 2. The largest absolute Gasteiger partial charge is 0.478 e. The van der Waals surface area contributed by atoms with E-state index in [0.29, 0.717) is 22.2 Å². The van der Waals surface area contributed by atoms with Crippen LogP contribution < -0.4 is 5.73 Å². The van der Waals surface area contributed by atoms with Gasteiger partial charge in [0.1, 0.15) is 0 Å². The van der Waals surface area contributed by atoms with Gasteiger partial charge < -0.3 is 15.9 Å². The molecule has 1 unspecified atom stereocenters. The van der Waals surface area contributed by atoms with E-state index in [2.05, 4.69) is 0 Å². The van der Waals surface area contributed by atoms with Crippen molar-refractivity contribution >= 4 is 35.1 Å². The first kappa shape index (κ1) is 16.5. The van der Waals surface area contributed by atoms with Crippen LogP contribution in [0.2, 0.25) is 10.0 Å². The van der Waals surface area contributed by atoms with Gasteiger partial charge in [-0.1, -0.05) is 23.2 Å². The average molecular weight is 318 g/mol. The molecule has 1 aliphatic carbocycles. The minimum Gasteiger partial charge on any atom is -0.478 e. The summed E-state index contributed by atoms with van der Waals surface area (Å²) in [6, 6.07) is 3.96. The molecule has 1 aliphatic rings. The molecule has 0 fully saturated rings. The molecule has 0 heterocycles. The number of halogens is 2. The fourth-order valence-electron chi connectivity index (χ4n) is 1.77. The normalized spacial score (nSPS) is 16.4. The van der Waals surface area contributed by atoms with Crippen LogP contribution in [0.15, 0.2) is 24.3 Å². The molecule has 4 N–H and O–H groups in total. The Labute approximate surface area is 125 Å². The number of aryl methyl sites for hydroxylation is 1. The summed E-state index contributed by atoms with van der Waals surface area (Å²) < 4.78 is 0. The van der Waals surface area contributed by atoms with Gasteiger partial charge in [-0.3, -0.25) is 0 Å². The predicted molar refractivity (Wildman–Crippen MR) is 76.1 cm³/mol. The van der Waals surface area contributed by atoms with Crippen LogP contribution in [0.3, 0.4) is 0 Å². The van der Waals surface area contributed by atoms with E-state index in [1.807, 2.05) is 12.1 Å². The molecular weight excluding hydrogens is 305 g/mol. The third-order valence-corrected chi connectivity index (χ3v) is 3.40. The maximum atomic E-state index is 9.55. The molecule has 5 nitrogen and oxygen atoms in total. The Morgan fingerprint density at radius 1 is 1.15 bits per heavy atom. The zero-order valence-electron chi connectivity index (χ0n) is 10.3. The standard InChI is InChI=1S/C9H9Cl2N.C4H4O4/c10-7-3-5-1-2-9(12)6(5)4-8(7)11;5-3(6)1-2-4(7)8/h3-4,9H,1-2,12H2;1-2H,(H,5,6)(H,7,8). The quantitative estimate of drug-likeness (QED) is 0.728. The third-order valence-electron chi connectivity index (χ3n) is 2.67. The second kappa shape index (κ2) is 7.28. The molecule has 20 heavy (non-hydrogen) atoms. The number of hydrogen-bond donors (Lipinski definition) is 3. The van der Waals surface area contributed by atoms with Gasteiger partial charge in [-0.2, -0.15) is 0 Å². The molecule has 1 aromatic carbocycles. The van der Waals surface area contributed by atoms with Crippen LogP contribution >= 0.6 is 23.2 Å². The van der Waals surface area contributed by atoms with Crippen LogP contribution in [0.5, 0.6) is 0 Å². The Kier molecular flexibility index (Phi) is 6.01. The summed E-state index contributed by atoms with van der Waals surface area (Å²) in [5.41, 5.74) is 8.27. The monoisotopic (exact) mass is 317 g/mol. The predicted octanol–water partition coefficient (Wildman–Crippen LogP) is 2.65. The zero-order valence-corrected chi connectivity index (χ0v) is 11.9. The molecule has 0 radical (unpaired) electrons. The number of carbonyl (C=O) groups is 2. The smallest absolute Gasteiger partial charge is 0.328 e. The van der Waals surface area contributed by atoms with E-state index in [-0.39, 0.29) is 6.04 Å². The lowest BCUT2D eigenvalue weighted by Gasteiger charge is -2.05. The minimum atomic E-state index is -1.26. The molecule has 0 spiro atoms. The van der Waals surface area contributed by atoms with E-state index in [1.54, 1.807) is 0 Å². The molecule has 108 valence electrons. The number of carboxylic acid groups (broad SMARTS) is 2. The molecule has 0 bridgehead atoms. The first-order valence-corrected chi connectivity index (χ1v) is 6.44. The fourth-order valence-corrected chi connectivity index (χ4v) is 2.13. The van der Waals surface area contributed by atoms with Crippen LogP contribution in [0.25, 0.3) is 0 Å². The van der Waals surface area contributed by atoms with Crippen molar-refractivity contribution in [2.75, 3.05) is 0 Å². The molecule has 0 saturated heterocycles. The molecule has 2 rings (SSSR count). The highest BCUT2D eigenvalue weighted by atomic mass is 35.5. The van der Waals surface area contributed by atoms with Gasteiger partial charge in [-0.25, -0.2) is 9.59 Å². The number of carboxylic acids is 2. The van der Waals surface area contributed by atoms with E-state index < -0.39 is 11.9 Å². The van der Waals surface area contributed by atoms with Gasteiger partial charge >= 0.3 is 11.9 Å². The van der Waals surface area contributed by atoms with Crippen molar-refractivity contribution in [2.45, 2.75) is 18.9 Å². The SMILES string of the molecule is NC1CCc2cc(Cl)c(Cl)cc21.O=C(O)C=CC(=O)O. The van der Waals surface area contributed by atoms with Crippen LogP contribution in [0.4, 0.5) is 0 Å². The first-order valence-electron chi connectivity index (χ1n) is 5.68. The lowest BCUT2D eigenvalue weighted by molar-refractivity contribution is -0.134. The Bertz CT molecular complexity index is 542. The highest BCUT2D eigenvalue weighted by Gasteiger charge is 2.20. The second-order valence-electron chi connectivity index (χ2n) is 4.12. The van der Waals surface area contributed by atoms with Crippen molar-refractivity contribution in [3.05, 3.63) is 45.5 Å². The van der Waals surface area contributed by atoms with Gasteiger partial charge in [-0.05, 0) is 36.1 Å². The maximum Gasteiger partial charge on any atom is 0.328 e. The third kappa shape index (κ3) is 4.85. The van der Waals surface area contributed by atoms with Gasteiger partial charge in [0, 0.05) is 18.2 Å². The summed E-state index contributed by atoms with van der Waals surface area (Å²) in [5.74, 6) is -2.51. The van der Waals surface area contributed by atoms with Crippen molar-refractivity contribution in [1.82, 2.24) is 0 Å². The molecule has 7 heteroatoms. The lowest BCUT2D eigenvalue weighted by atomic mass is 10.1. The number of hydrogen-bond acceptors (Lipinski definition) is 3. The van der Waals surface area contributed by atoms with Crippen LogP contribution in [-0.4, -0.2) is 22.2 Å². The number of nitrogens with two attached hydrogens (primary N) is 1. The van der Waals surface area contributed by atoms with E-state index in [4.69, 9.17) is 39.1 Å². The van der Waals surface area contributed by atoms with Gasteiger partial charge in [-0.15, -0.1) is 0 Å². The zero-order chi connectivity index (χ0) is 15.3. The molecular formula is C13H13Cl2NO4. The molecule has 1 aromatic rings. The van der Waals surface area contributed by atoms with Crippen molar-refractivity contribution in [1.29, 1.82) is 0 Å². The van der Waals surface area contributed by atoms with E-state index >= 15 is 0 Å². The van der Waals surface area contributed by atoms with E-state index in [1.165, 1.54) is 5.56 Å². The van der Waals surface area contributed by atoms with Gasteiger partial charge in [0.05, 0.1) is 10.0 Å². The molecule has 0 aromatic heterocycles. The number of benzene rings is 1. The topological polar surface area (TPSA) is 101 Å². The van der Waals surface area contributed by atoms with Crippen LogP contribution in [0, 0.1) is 0 Å². The average Bonchev–Trinajstić information content (AvgIpc) is 2.70. The van der Waals surface area contributed by atoms with Crippen LogP contribution in [-0.2, 0) is 16.0 Å². The van der Waals surface area contributed by atoms with Crippen molar-refractivity contribution in [3.63, 3.8) is 0 Å². The lowest BCUT2D eigenvalue weighted by Crippen LogP contribution is -2.04. The van der Waals surface area contributed by atoms with Gasteiger partial charge in [0.15, 0.2) is 0 Å². The first-order chi connectivity index (χ1) is 9.31. The maximum absolute atomic E-state index is 9.55. The van der Waals surface area contributed by atoms with Crippen molar-refractivity contribution in [3.8, 4) is 0 Å². The highest BCUT2D eigenvalue weighted by molar-refractivity contribution is 6.42. The van der Waals surface area contributed by atoms with Gasteiger partial charge in [0.25, 0.3) is 0 Å². The Morgan fingerprint density at radius 3 is 2.15 bits per heavy atom. The highest BCUT2D eigenvalue weighted by Crippen LogP contribution is 2.35. The fraction of sp³-hybridized carbons (Fsp3) is 0.231. The van der Waals surface area contributed by atoms with Gasteiger partial charge in [0.2, 0.25) is 0 Å². The second-order valence-corrected chi connectivity index (χ2v) is 4.93. The summed E-state index contributed by atoms with van der Waals surface area (Å²) in [7, 11) is 0. The summed E-state index contributed by atoms with van der Waals surface area (Å²) in [6.45, 7) is 0. The van der Waals surface area contributed by atoms with E-state index in [9.17, 15) is 9.59 Å². The number of aliphatic carboxylic acids is 2. The summed E-state index contributed by atoms with van der Waals surface area (Å²) >= 11 is 11.7. The summed E-state index contributed by atoms with van der Waals surface area (Å²) in [4.78, 5) is 19.1. The summed E-state index contributed by atoms with van der Waals surface area (Å²) in [5, 5.41) is 16.9. The molecule has 0 aliphatic heterocycles. The Balaban J connectivity index is 0.000000221. The minimum absolute atomic E-state index is 0.148. The molecule has 0 amide bonds. The molecule has 1 atom stereocenters.